The van der Waals surface area contributed by atoms with E-state index in [1.807, 2.05) is 0 Å². The second-order valence-electron chi connectivity index (χ2n) is 3.18. The molecule has 0 saturated carbocycles. The summed E-state index contributed by atoms with van der Waals surface area (Å²) in [5.74, 6) is 0.418. The van der Waals surface area contributed by atoms with Gasteiger partial charge in [0, 0.05) is 5.75 Å². The van der Waals surface area contributed by atoms with Crippen LogP contribution in [-0.4, -0.2) is 31.0 Å². The van der Waals surface area contributed by atoms with Crippen molar-refractivity contribution in [1.29, 1.82) is 0 Å². The van der Waals surface area contributed by atoms with Crippen LogP contribution in [0.25, 0.3) is 6.08 Å². The lowest BCUT2D eigenvalue weighted by molar-refractivity contribution is 0.0696. The number of carbonyl (C=O) groups is 1. The fourth-order valence-electron chi connectivity index (χ4n) is 1.40. The first-order valence-corrected chi connectivity index (χ1v) is 5.54. The van der Waals surface area contributed by atoms with Crippen molar-refractivity contribution in [3.63, 3.8) is 0 Å². The van der Waals surface area contributed by atoms with Crippen molar-refractivity contribution >= 4 is 24.7 Å². The highest BCUT2D eigenvalue weighted by Gasteiger charge is 2.14. The van der Waals surface area contributed by atoms with Gasteiger partial charge in [0.25, 0.3) is 0 Å². The minimum atomic E-state index is -1.01. The van der Waals surface area contributed by atoms with Crippen LogP contribution in [-0.2, 0) is 0 Å². The fraction of sp³-hybridized carbons (Fsp3) is 0.250. The standard InChI is InChI=1S/C12H14O4S/c1-15-10-6-8(4-3-5-17)9(12(13)14)7-11(10)16-2/h3-4,6-7,17H,5H2,1-2H3,(H,13,14). The zero-order valence-electron chi connectivity index (χ0n) is 9.64. The molecule has 5 heteroatoms. The minimum absolute atomic E-state index is 0.167. The van der Waals surface area contributed by atoms with E-state index in [9.17, 15) is 4.79 Å². The van der Waals surface area contributed by atoms with Crippen molar-refractivity contribution in [1.82, 2.24) is 0 Å². The molecule has 1 aromatic rings. The number of hydrogen-bond acceptors (Lipinski definition) is 4. The molecule has 0 fully saturated rings. The van der Waals surface area contributed by atoms with Crippen molar-refractivity contribution in [2.75, 3.05) is 20.0 Å². The summed E-state index contributed by atoms with van der Waals surface area (Å²) in [4.78, 5) is 11.1. The van der Waals surface area contributed by atoms with Crippen molar-refractivity contribution in [2.24, 2.45) is 0 Å². The third kappa shape index (κ3) is 3.17. The van der Waals surface area contributed by atoms with Crippen molar-refractivity contribution in [3.05, 3.63) is 29.3 Å². The van der Waals surface area contributed by atoms with E-state index < -0.39 is 5.97 Å². The van der Waals surface area contributed by atoms with Crippen LogP contribution in [0, 0.1) is 0 Å². The smallest absolute Gasteiger partial charge is 0.336 e. The van der Waals surface area contributed by atoms with Gasteiger partial charge in [-0.2, -0.15) is 12.6 Å². The SMILES string of the molecule is COc1cc(C=CCS)c(C(=O)O)cc1OC. The lowest BCUT2D eigenvalue weighted by atomic mass is 10.1. The lowest BCUT2D eigenvalue weighted by Crippen LogP contribution is -2.02. The van der Waals surface area contributed by atoms with E-state index in [2.05, 4.69) is 12.6 Å². The maximum absolute atomic E-state index is 11.1. The Labute approximate surface area is 105 Å². The van der Waals surface area contributed by atoms with Crippen LogP contribution in [0.2, 0.25) is 0 Å². The Balaban J connectivity index is 3.34. The summed E-state index contributed by atoms with van der Waals surface area (Å²) >= 11 is 4.03. The number of rotatable bonds is 5. The molecule has 0 unspecified atom stereocenters. The van der Waals surface area contributed by atoms with Crippen LogP contribution < -0.4 is 9.47 Å². The molecular formula is C12H14O4S. The molecule has 0 amide bonds. The molecule has 0 bridgehead atoms. The van der Waals surface area contributed by atoms with Gasteiger partial charge < -0.3 is 14.6 Å². The highest BCUT2D eigenvalue weighted by molar-refractivity contribution is 7.80. The third-order valence-electron chi connectivity index (χ3n) is 2.19. The second kappa shape index (κ2) is 6.20. The molecule has 92 valence electrons. The van der Waals surface area contributed by atoms with Gasteiger partial charge in [-0.25, -0.2) is 4.79 Å². The van der Waals surface area contributed by atoms with E-state index in [-0.39, 0.29) is 5.56 Å². The lowest BCUT2D eigenvalue weighted by Gasteiger charge is -2.10. The summed E-state index contributed by atoms with van der Waals surface area (Å²) in [5, 5.41) is 9.10. The molecule has 0 aliphatic carbocycles. The fourth-order valence-corrected chi connectivity index (χ4v) is 1.50. The van der Waals surface area contributed by atoms with Gasteiger partial charge in [0.05, 0.1) is 19.8 Å². The molecule has 0 atom stereocenters. The van der Waals surface area contributed by atoms with Gasteiger partial charge in [0.15, 0.2) is 11.5 Å². The van der Waals surface area contributed by atoms with Crippen LogP contribution in [0.15, 0.2) is 18.2 Å². The molecule has 4 nitrogen and oxygen atoms in total. The summed E-state index contributed by atoms with van der Waals surface area (Å²) in [5.41, 5.74) is 0.727. The number of methoxy groups -OCH3 is 2. The van der Waals surface area contributed by atoms with Crippen LogP contribution in [0.3, 0.4) is 0 Å². The number of aromatic carboxylic acids is 1. The molecule has 1 rings (SSSR count). The zero-order valence-corrected chi connectivity index (χ0v) is 10.5. The average molecular weight is 254 g/mol. The van der Waals surface area contributed by atoms with Gasteiger partial charge in [-0.1, -0.05) is 12.2 Å². The molecule has 0 aromatic heterocycles. The number of thiol groups is 1. The van der Waals surface area contributed by atoms with E-state index in [0.29, 0.717) is 22.8 Å². The third-order valence-corrected chi connectivity index (χ3v) is 2.40. The number of carboxylic acids is 1. The Morgan fingerprint density at radius 2 is 1.94 bits per heavy atom. The Bertz CT molecular complexity index is 440. The summed E-state index contributed by atoms with van der Waals surface area (Å²) < 4.78 is 10.2. The average Bonchev–Trinajstić information content (AvgIpc) is 2.34. The molecule has 0 saturated heterocycles. The predicted octanol–water partition coefficient (Wildman–Crippen LogP) is 2.35. The predicted molar refractivity (Wildman–Crippen MR) is 69.4 cm³/mol. The van der Waals surface area contributed by atoms with Gasteiger partial charge >= 0.3 is 5.97 Å². The number of carboxylic acid groups (broad SMARTS) is 1. The number of hydrogen-bond donors (Lipinski definition) is 2. The number of ether oxygens (including phenoxy) is 2. The van der Waals surface area contributed by atoms with E-state index in [4.69, 9.17) is 14.6 Å². The zero-order chi connectivity index (χ0) is 12.8. The maximum Gasteiger partial charge on any atom is 0.336 e. The van der Waals surface area contributed by atoms with Crippen molar-refractivity contribution in [2.45, 2.75) is 0 Å². The Kier molecular flexibility index (Phi) is 4.90. The molecule has 17 heavy (non-hydrogen) atoms. The summed E-state index contributed by atoms with van der Waals surface area (Å²) in [6.07, 6.45) is 3.45. The highest BCUT2D eigenvalue weighted by atomic mass is 32.1. The van der Waals surface area contributed by atoms with Gasteiger partial charge in [0.2, 0.25) is 0 Å². The van der Waals surface area contributed by atoms with Gasteiger partial charge in [0.1, 0.15) is 0 Å². The molecule has 0 spiro atoms. The Morgan fingerprint density at radius 1 is 1.35 bits per heavy atom. The van der Waals surface area contributed by atoms with E-state index in [0.717, 1.165) is 0 Å². The van der Waals surface area contributed by atoms with Crippen molar-refractivity contribution < 1.29 is 19.4 Å². The first-order chi connectivity index (χ1) is 8.13. The van der Waals surface area contributed by atoms with Crippen molar-refractivity contribution in [3.8, 4) is 11.5 Å². The van der Waals surface area contributed by atoms with Gasteiger partial charge in [-0.05, 0) is 17.7 Å². The first-order valence-electron chi connectivity index (χ1n) is 4.90. The maximum atomic E-state index is 11.1. The normalized spacial score (nSPS) is 10.5. The molecule has 1 aromatic carbocycles. The monoisotopic (exact) mass is 254 g/mol. The summed E-state index contributed by atoms with van der Waals surface area (Å²) in [6, 6.07) is 3.07. The minimum Gasteiger partial charge on any atom is -0.493 e. The van der Waals surface area contributed by atoms with Crippen LogP contribution in [0.1, 0.15) is 15.9 Å². The van der Waals surface area contributed by atoms with Crippen LogP contribution >= 0.6 is 12.6 Å². The van der Waals surface area contributed by atoms with E-state index >= 15 is 0 Å². The molecular weight excluding hydrogens is 240 g/mol. The Hall–Kier alpha value is -1.62. The van der Waals surface area contributed by atoms with E-state index in [1.165, 1.54) is 20.3 Å². The molecule has 1 N–H and O–H groups in total. The molecule has 0 aliphatic rings. The first kappa shape index (κ1) is 13.4. The van der Waals surface area contributed by atoms with Gasteiger partial charge in [-0.3, -0.25) is 0 Å². The quantitative estimate of drug-likeness (QED) is 0.792. The summed E-state index contributed by atoms with van der Waals surface area (Å²) in [6.45, 7) is 0. The second-order valence-corrected chi connectivity index (χ2v) is 3.55. The molecule has 0 heterocycles. The van der Waals surface area contributed by atoms with E-state index in [1.54, 1.807) is 18.2 Å². The summed E-state index contributed by atoms with van der Waals surface area (Å²) in [7, 11) is 2.97. The largest absolute Gasteiger partial charge is 0.493 e. The molecule has 0 aliphatic heterocycles. The highest BCUT2D eigenvalue weighted by Crippen LogP contribution is 2.31. The van der Waals surface area contributed by atoms with Crippen LogP contribution in [0.5, 0.6) is 11.5 Å². The Morgan fingerprint density at radius 3 is 2.41 bits per heavy atom. The van der Waals surface area contributed by atoms with Gasteiger partial charge in [-0.15, -0.1) is 0 Å². The number of benzene rings is 1. The topological polar surface area (TPSA) is 55.8 Å². The van der Waals surface area contributed by atoms with Crippen LogP contribution in [0.4, 0.5) is 0 Å². The molecule has 0 radical (unpaired) electrons.